The van der Waals surface area contributed by atoms with Crippen molar-refractivity contribution in [1.82, 2.24) is 0 Å². The minimum Gasteiger partial charge on any atom is -0.192 e. The van der Waals surface area contributed by atoms with E-state index in [2.05, 4.69) is 146 Å². The van der Waals surface area contributed by atoms with Crippen LogP contribution in [0, 0.1) is 11.3 Å². The zero-order valence-corrected chi connectivity index (χ0v) is 25.0. The van der Waals surface area contributed by atoms with E-state index in [-0.39, 0.29) is 0 Å². The Morgan fingerprint density at radius 2 is 0.826 bits per heavy atom. The first-order valence-corrected chi connectivity index (χ1v) is 15.7. The number of nitrogens with zero attached hydrogens (tertiary/aromatic N) is 1. The van der Waals surface area contributed by atoms with Crippen LogP contribution in [0.3, 0.4) is 0 Å². The molecule has 0 saturated carbocycles. The number of hydrogen-bond donors (Lipinski definition) is 0. The van der Waals surface area contributed by atoms with Crippen molar-refractivity contribution < 1.29 is 0 Å². The van der Waals surface area contributed by atoms with E-state index in [9.17, 15) is 5.26 Å². The third kappa shape index (κ3) is 3.95. The van der Waals surface area contributed by atoms with Crippen LogP contribution in [0.15, 0.2) is 164 Å². The number of rotatable bonds is 4. The number of fused-ring (bicyclic) bond motifs is 4. The summed E-state index contributed by atoms with van der Waals surface area (Å²) in [6, 6.07) is 60.9. The van der Waals surface area contributed by atoms with Gasteiger partial charge in [0, 0.05) is 0 Å². The largest absolute Gasteiger partial charge is 0.192 e. The number of hydrogen-bond acceptors (Lipinski definition) is 1. The Morgan fingerprint density at radius 3 is 1.46 bits per heavy atom. The van der Waals surface area contributed by atoms with Crippen LogP contribution in [0.2, 0.25) is 0 Å². The smallest absolute Gasteiger partial charge is 0.0991 e. The fourth-order valence-corrected chi connectivity index (χ4v) is 7.47. The molecule has 1 heteroatoms. The topological polar surface area (TPSA) is 23.8 Å². The monoisotopic (exact) mass is 581 g/mol. The lowest BCUT2D eigenvalue weighted by molar-refractivity contribution is 1.48. The van der Waals surface area contributed by atoms with Gasteiger partial charge in [0.05, 0.1) is 11.6 Å². The van der Waals surface area contributed by atoms with Crippen LogP contribution < -0.4 is 0 Å². The summed E-state index contributed by atoms with van der Waals surface area (Å²) in [5.41, 5.74) is 15.5. The number of benzene rings is 8. The molecule has 0 amide bonds. The van der Waals surface area contributed by atoms with Gasteiger partial charge in [0.25, 0.3) is 0 Å². The van der Waals surface area contributed by atoms with Crippen molar-refractivity contribution in [3.05, 3.63) is 169 Å². The van der Waals surface area contributed by atoms with Crippen LogP contribution in [0.4, 0.5) is 0 Å². The van der Waals surface area contributed by atoms with Crippen LogP contribution in [-0.4, -0.2) is 0 Å². The highest BCUT2D eigenvalue weighted by Gasteiger charge is 2.31. The van der Waals surface area contributed by atoms with Crippen molar-refractivity contribution in [2.24, 2.45) is 0 Å². The second-order valence-electron chi connectivity index (χ2n) is 11.9. The molecule has 0 fully saturated rings. The molecule has 0 saturated heterocycles. The molecule has 0 heterocycles. The molecular formula is C45H27N. The summed E-state index contributed by atoms with van der Waals surface area (Å²) in [6.45, 7) is 0. The molecule has 0 aliphatic heterocycles. The van der Waals surface area contributed by atoms with E-state index in [1.54, 1.807) is 0 Å². The van der Waals surface area contributed by atoms with Gasteiger partial charge in [-0.2, -0.15) is 5.26 Å². The van der Waals surface area contributed by atoms with Crippen molar-refractivity contribution in [2.45, 2.75) is 0 Å². The lowest BCUT2D eigenvalue weighted by Crippen LogP contribution is -1.93. The predicted octanol–water partition coefficient (Wildman–Crippen LogP) is 12.2. The second kappa shape index (κ2) is 10.4. The van der Waals surface area contributed by atoms with Crippen LogP contribution in [0.5, 0.6) is 0 Å². The Bertz CT molecular complexity index is 2410. The Labute approximate surface area is 268 Å². The summed E-state index contributed by atoms with van der Waals surface area (Å²) >= 11 is 0. The summed E-state index contributed by atoms with van der Waals surface area (Å²) in [4.78, 5) is 0. The Hall–Kier alpha value is -6.23. The molecule has 1 nitrogen and oxygen atoms in total. The third-order valence-corrected chi connectivity index (χ3v) is 9.44. The van der Waals surface area contributed by atoms with E-state index in [1.165, 1.54) is 77.2 Å². The van der Waals surface area contributed by atoms with Gasteiger partial charge in [0.2, 0.25) is 0 Å². The molecule has 0 unspecified atom stereocenters. The van der Waals surface area contributed by atoms with Gasteiger partial charge in [0.15, 0.2) is 0 Å². The molecule has 0 atom stereocenters. The highest BCUT2D eigenvalue weighted by molar-refractivity contribution is 6.28. The Morgan fingerprint density at radius 1 is 0.326 bits per heavy atom. The molecule has 0 radical (unpaired) electrons. The van der Waals surface area contributed by atoms with Gasteiger partial charge in [-0.3, -0.25) is 0 Å². The van der Waals surface area contributed by atoms with Crippen LogP contribution in [0.25, 0.3) is 88.3 Å². The van der Waals surface area contributed by atoms with E-state index in [1.807, 2.05) is 24.3 Å². The maximum absolute atomic E-state index is 9.28. The minimum atomic E-state index is 0.671. The predicted molar refractivity (Wildman–Crippen MR) is 192 cm³/mol. The molecule has 1 aliphatic carbocycles. The lowest BCUT2D eigenvalue weighted by Gasteiger charge is -2.20. The van der Waals surface area contributed by atoms with Crippen LogP contribution in [-0.2, 0) is 0 Å². The van der Waals surface area contributed by atoms with E-state index in [0.29, 0.717) is 5.56 Å². The average Bonchev–Trinajstić information content (AvgIpc) is 3.46. The first kappa shape index (κ1) is 26.2. The van der Waals surface area contributed by atoms with Gasteiger partial charge in [-0.15, -0.1) is 0 Å². The summed E-state index contributed by atoms with van der Waals surface area (Å²) in [7, 11) is 0. The zero-order chi connectivity index (χ0) is 30.6. The van der Waals surface area contributed by atoms with E-state index in [4.69, 9.17) is 0 Å². The van der Waals surface area contributed by atoms with Crippen molar-refractivity contribution in [3.63, 3.8) is 0 Å². The van der Waals surface area contributed by atoms with E-state index < -0.39 is 0 Å². The highest BCUT2D eigenvalue weighted by atomic mass is 14.3. The quantitative estimate of drug-likeness (QED) is 0.203. The Kier molecular flexibility index (Phi) is 5.95. The van der Waals surface area contributed by atoms with Gasteiger partial charge in [-0.05, 0) is 107 Å². The molecule has 0 bridgehead atoms. The molecule has 0 spiro atoms. The maximum Gasteiger partial charge on any atom is 0.0991 e. The summed E-state index contributed by atoms with van der Waals surface area (Å²) in [5, 5.41) is 14.4. The van der Waals surface area contributed by atoms with Crippen molar-refractivity contribution in [3.8, 4) is 72.8 Å². The molecule has 8 aromatic carbocycles. The summed E-state index contributed by atoms with van der Waals surface area (Å²) < 4.78 is 0. The molecule has 9 rings (SSSR count). The molecule has 0 aromatic heterocycles. The second-order valence-corrected chi connectivity index (χ2v) is 11.9. The first-order valence-electron chi connectivity index (χ1n) is 15.7. The van der Waals surface area contributed by atoms with E-state index >= 15 is 0 Å². The van der Waals surface area contributed by atoms with E-state index in [0.717, 1.165) is 11.1 Å². The molecular weight excluding hydrogens is 555 g/mol. The fraction of sp³-hybridized carbons (Fsp3) is 0. The minimum absolute atomic E-state index is 0.671. The van der Waals surface area contributed by atoms with Crippen LogP contribution >= 0.6 is 0 Å². The maximum atomic E-state index is 9.28. The molecule has 0 N–H and O–H groups in total. The molecule has 8 aromatic rings. The summed E-state index contributed by atoms with van der Waals surface area (Å²) in [6.07, 6.45) is 0. The van der Waals surface area contributed by atoms with Crippen LogP contribution in [0.1, 0.15) is 5.56 Å². The summed E-state index contributed by atoms with van der Waals surface area (Å²) in [5.74, 6) is 0. The van der Waals surface area contributed by atoms with Gasteiger partial charge >= 0.3 is 0 Å². The molecule has 212 valence electrons. The standard InChI is InChI=1S/C45H27N/c46-28-29-21-23-30(24-22-29)33-15-9-16-34(27-33)35-25-26-40-43-36(35)19-10-20-39(43)44-41(31-11-3-1-4-12-31)37-17-7-8-18-38(37)42(45(40)44)32-13-5-2-6-14-32/h1-27H. The van der Waals surface area contributed by atoms with Crippen molar-refractivity contribution >= 4 is 21.5 Å². The molecule has 1 aliphatic rings. The zero-order valence-electron chi connectivity index (χ0n) is 25.0. The van der Waals surface area contributed by atoms with Gasteiger partial charge in [-0.1, -0.05) is 146 Å². The Balaban J connectivity index is 1.35. The normalized spacial score (nSPS) is 11.5. The first-order chi connectivity index (χ1) is 22.8. The van der Waals surface area contributed by atoms with Gasteiger partial charge in [-0.25, -0.2) is 0 Å². The lowest BCUT2D eigenvalue weighted by atomic mass is 9.82. The van der Waals surface area contributed by atoms with Gasteiger partial charge < -0.3 is 0 Å². The SMILES string of the molecule is N#Cc1ccc(-c2cccc(-c3ccc4c5c(cccc35)-c3c-4c(-c4ccccc4)c4ccccc4c3-c3ccccc3)c2)cc1. The van der Waals surface area contributed by atoms with Gasteiger partial charge in [0.1, 0.15) is 0 Å². The molecule has 46 heavy (non-hydrogen) atoms. The third-order valence-electron chi connectivity index (χ3n) is 9.44. The fourth-order valence-electron chi connectivity index (χ4n) is 7.47. The average molecular weight is 582 g/mol. The number of nitriles is 1. The van der Waals surface area contributed by atoms with Crippen molar-refractivity contribution in [2.75, 3.05) is 0 Å². The van der Waals surface area contributed by atoms with Crippen molar-refractivity contribution in [1.29, 1.82) is 5.26 Å². The highest BCUT2D eigenvalue weighted by Crippen LogP contribution is 2.58.